The summed E-state index contributed by atoms with van der Waals surface area (Å²) in [7, 11) is 1.99. The van der Waals surface area contributed by atoms with Crippen LogP contribution in [0.1, 0.15) is 31.4 Å². The van der Waals surface area contributed by atoms with Crippen LogP contribution < -0.4 is 10.6 Å². The van der Waals surface area contributed by atoms with Crippen molar-refractivity contribution in [3.8, 4) is 5.82 Å². The van der Waals surface area contributed by atoms with Gasteiger partial charge in [0.15, 0.2) is 0 Å². The van der Waals surface area contributed by atoms with E-state index in [4.69, 9.17) is 0 Å². The van der Waals surface area contributed by atoms with E-state index < -0.39 is 0 Å². The van der Waals surface area contributed by atoms with Gasteiger partial charge in [-0.05, 0) is 63.2 Å². The van der Waals surface area contributed by atoms with Crippen molar-refractivity contribution in [3.63, 3.8) is 0 Å². The molecule has 1 amide bonds. The summed E-state index contributed by atoms with van der Waals surface area (Å²) in [5.74, 6) is 1.31. The van der Waals surface area contributed by atoms with E-state index in [1.54, 1.807) is 12.5 Å². The molecule has 1 aliphatic heterocycles. The zero-order valence-corrected chi connectivity index (χ0v) is 18.8. The predicted octanol–water partition coefficient (Wildman–Crippen LogP) is 4.02. The van der Waals surface area contributed by atoms with E-state index in [2.05, 4.69) is 49.5 Å². The van der Waals surface area contributed by atoms with Crippen molar-refractivity contribution in [1.29, 1.82) is 0 Å². The Bertz CT molecular complexity index is 1270. The number of rotatable bonds is 6. The van der Waals surface area contributed by atoms with E-state index in [1.807, 2.05) is 54.1 Å². The lowest BCUT2D eigenvalue weighted by Crippen LogP contribution is -2.37. The second-order valence-corrected chi connectivity index (χ2v) is 8.46. The van der Waals surface area contributed by atoms with Gasteiger partial charge in [0.25, 0.3) is 0 Å². The SMILES string of the molecule is C[C@H](Nc1nccc(-n2cnc3cc(NC(=O)[C@@H]4CCCN4C)ccc32)n1)c1ccccc1. The fourth-order valence-electron chi connectivity index (χ4n) is 4.31. The first-order chi connectivity index (χ1) is 16.1. The fourth-order valence-corrected chi connectivity index (χ4v) is 4.31. The maximum absolute atomic E-state index is 12.6. The summed E-state index contributed by atoms with van der Waals surface area (Å²) in [5.41, 5.74) is 3.61. The highest BCUT2D eigenvalue weighted by Crippen LogP contribution is 2.23. The number of carbonyl (C=O) groups is 1. The monoisotopic (exact) mass is 441 g/mol. The molecule has 0 spiro atoms. The van der Waals surface area contributed by atoms with E-state index in [1.165, 1.54) is 0 Å². The number of nitrogens with zero attached hydrogens (tertiary/aromatic N) is 5. The molecule has 0 radical (unpaired) electrons. The number of hydrogen-bond donors (Lipinski definition) is 2. The number of hydrogen-bond acceptors (Lipinski definition) is 6. The second-order valence-electron chi connectivity index (χ2n) is 8.46. The summed E-state index contributed by atoms with van der Waals surface area (Å²) in [4.78, 5) is 28.3. The molecule has 2 aromatic carbocycles. The minimum absolute atomic E-state index is 0.0350. The lowest BCUT2D eigenvalue weighted by Gasteiger charge is -2.18. The summed E-state index contributed by atoms with van der Waals surface area (Å²) >= 11 is 0. The van der Waals surface area contributed by atoms with Crippen molar-refractivity contribution < 1.29 is 4.79 Å². The molecule has 2 N–H and O–H groups in total. The molecule has 8 nitrogen and oxygen atoms in total. The largest absolute Gasteiger partial charge is 0.348 e. The lowest BCUT2D eigenvalue weighted by molar-refractivity contribution is -0.119. The highest BCUT2D eigenvalue weighted by molar-refractivity contribution is 5.96. The van der Waals surface area contributed by atoms with Crippen molar-refractivity contribution in [3.05, 3.63) is 72.7 Å². The second kappa shape index (κ2) is 8.99. The first-order valence-corrected chi connectivity index (χ1v) is 11.2. The first kappa shape index (κ1) is 21.1. The molecule has 33 heavy (non-hydrogen) atoms. The smallest absolute Gasteiger partial charge is 0.241 e. The van der Waals surface area contributed by atoms with Crippen LogP contribution in [0, 0.1) is 0 Å². The zero-order valence-electron chi connectivity index (χ0n) is 18.8. The number of benzene rings is 2. The number of amides is 1. The molecular formula is C25H27N7O. The van der Waals surface area contributed by atoms with Crippen LogP contribution in [0.25, 0.3) is 16.9 Å². The first-order valence-electron chi connectivity index (χ1n) is 11.2. The Kier molecular flexibility index (Phi) is 5.75. The summed E-state index contributed by atoms with van der Waals surface area (Å²) in [5, 5.41) is 6.40. The highest BCUT2D eigenvalue weighted by atomic mass is 16.2. The van der Waals surface area contributed by atoms with Crippen LogP contribution >= 0.6 is 0 Å². The number of likely N-dealkylation sites (N-methyl/N-ethyl adjacent to an activating group) is 1. The molecule has 1 saturated heterocycles. The molecule has 0 saturated carbocycles. The van der Waals surface area contributed by atoms with E-state index >= 15 is 0 Å². The van der Waals surface area contributed by atoms with Crippen molar-refractivity contribution >= 4 is 28.6 Å². The maximum atomic E-state index is 12.6. The van der Waals surface area contributed by atoms with Gasteiger partial charge in [-0.3, -0.25) is 14.3 Å². The molecule has 3 heterocycles. The molecule has 2 aromatic heterocycles. The summed E-state index contributed by atoms with van der Waals surface area (Å²) in [6.45, 7) is 3.04. The quantitative estimate of drug-likeness (QED) is 0.470. The third-order valence-corrected chi connectivity index (χ3v) is 6.17. The maximum Gasteiger partial charge on any atom is 0.241 e. The Hall–Kier alpha value is -3.78. The van der Waals surface area contributed by atoms with Crippen LogP contribution in [0.2, 0.25) is 0 Å². The summed E-state index contributed by atoms with van der Waals surface area (Å²) < 4.78 is 1.92. The average Bonchev–Trinajstić information content (AvgIpc) is 3.45. The van der Waals surface area contributed by atoms with Crippen LogP contribution in [-0.2, 0) is 4.79 Å². The van der Waals surface area contributed by atoms with Gasteiger partial charge in [-0.2, -0.15) is 4.98 Å². The standard InChI is InChI=1S/C25H27N7O/c1-17(18-7-4-3-5-8-18)28-25-26-13-12-23(30-25)32-16-27-20-15-19(10-11-21(20)32)29-24(33)22-9-6-14-31(22)2/h3-5,7-8,10-13,15-17,22H,6,9,14H2,1-2H3,(H,29,33)(H,26,28,30)/t17-,22-/m0/s1. The Morgan fingerprint density at radius 1 is 1.12 bits per heavy atom. The Balaban J connectivity index is 1.35. The molecule has 1 aliphatic rings. The molecule has 2 atom stereocenters. The Morgan fingerprint density at radius 2 is 1.97 bits per heavy atom. The summed E-state index contributed by atoms with van der Waals surface area (Å²) in [6, 6.07) is 17.8. The number of aromatic nitrogens is 4. The van der Waals surface area contributed by atoms with Gasteiger partial charge >= 0.3 is 0 Å². The molecule has 8 heteroatoms. The number of fused-ring (bicyclic) bond motifs is 1. The van der Waals surface area contributed by atoms with Crippen LogP contribution in [0.4, 0.5) is 11.6 Å². The van der Waals surface area contributed by atoms with Crippen molar-refractivity contribution in [2.75, 3.05) is 24.2 Å². The van der Waals surface area contributed by atoms with Gasteiger partial charge in [0, 0.05) is 11.9 Å². The van der Waals surface area contributed by atoms with Crippen LogP contribution in [0.5, 0.6) is 0 Å². The molecule has 0 bridgehead atoms. The Labute approximate surface area is 192 Å². The Morgan fingerprint density at radius 3 is 2.76 bits per heavy atom. The van der Waals surface area contributed by atoms with Gasteiger partial charge in [-0.25, -0.2) is 9.97 Å². The molecule has 168 valence electrons. The molecule has 0 unspecified atom stereocenters. The number of nitrogens with one attached hydrogen (secondary N) is 2. The third-order valence-electron chi connectivity index (χ3n) is 6.17. The van der Waals surface area contributed by atoms with E-state index in [0.717, 1.165) is 47.5 Å². The zero-order chi connectivity index (χ0) is 22.8. The molecule has 4 aromatic rings. The number of likely N-dealkylation sites (tertiary alicyclic amines) is 1. The number of imidazole rings is 1. The van der Waals surface area contributed by atoms with Gasteiger partial charge in [0.1, 0.15) is 12.1 Å². The number of anilines is 2. The molecule has 5 rings (SSSR count). The van der Waals surface area contributed by atoms with Crippen LogP contribution in [0.15, 0.2) is 67.1 Å². The minimum atomic E-state index is -0.0662. The lowest BCUT2D eigenvalue weighted by atomic mass is 10.1. The predicted molar refractivity (Wildman–Crippen MR) is 129 cm³/mol. The van der Waals surface area contributed by atoms with Gasteiger partial charge < -0.3 is 10.6 Å². The van der Waals surface area contributed by atoms with Gasteiger partial charge in [0.05, 0.1) is 23.1 Å². The third kappa shape index (κ3) is 4.42. The van der Waals surface area contributed by atoms with E-state index in [-0.39, 0.29) is 18.0 Å². The van der Waals surface area contributed by atoms with Crippen molar-refractivity contribution in [2.45, 2.75) is 31.8 Å². The molecule has 0 aliphatic carbocycles. The van der Waals surface area contributed by atoms with Crippen molar-refractivity contribution in [2.24, 2.45) is 0 Å². The topological polar surface area (TPSA) is 88.0 Å². The highest BCUT2D eigenvalue weighted by Gasteiger charge is 2.27. The van der Waals surface area contributed by atoms with Crippen LogP contribution in [-0.4, -0.2) is 50.0 Å². The molecular weight excluding hydrogens is 414 g/mol. The van der Waals surface area contributed by atoms with Gasteiger partial charge in [-0.15, -0.1) is 0 Å². The van der Waals surface area contributed by atoms with E-state index in [9.17, 15) is 4.79 Å². The normalized spacial score (nSPS) is 17.2. The average molecular weight is 442 g/mol. The summed E-state index contributed by atoms with van der Waals surface area (Å²) in [6.07, 6.45) is 5.43. The molecule has 1 fully saturated rings. The number of carbonyl (C=O) groups excluding carboxylic acids is 1. The van der Waals surface area contributed by atoms with Crippen molar-refractivity contribution in [1.82, 2.24) is 24.4 Å². The fraction of sp³-hybridized carbons (Fsp3) is 0.280. The van der Waals surface area contributed by atoms with E-state index in [0.29, 0.717) is 5.95 Å². The van der Waals surface area contributed by atoms with Gasteiger partial charge in [0.2, 0.25) is 11.9 Å². The van der Waals surface area contributed by atoms with Gasteiger partial charge in [-0.1, -0.05) is 30.3 Å². The van der Waals surface area contributed by atoms with Crippen LogP contribution in [0.3, 0.4) is 0 Å². The minimum Gasteiger partial charge on any atom is -0.348 e.